The lowest BCUT2D eigenvalue weighted by Crippen LogP contribution is -2.39. The highest BCUT2D eigenvalue weighted by atomic mass is 14.4. The zero-order valence-corrected chi connectivity index (χ0v) is 34.0. The average Bonchev–Trinajstić information content (AvgIpc) is 4.06. The van der Waals surface area contributed by atoms with Crippen molar-refractivity contribution >= 4 is 81.0 Å². The van der Waals surface area contributed by atoms with E-state index in [1.165, 1.54) is 6.92 Å². The molecule has 288 valence electrons. The van der Waals surface area contributed by atoms with Gasteiger partial charge in [-0.15, -0.1) is 0 Å². The van der Waals surface area contributed by atoms with Gasteiger partial charge in [-0.3, -0.25) is 0 Å². The third-order valence-corrected chi connectivity index (χ3v) is 12.6. The van der Waals surface area contributed by atoms with E-state index in [1.54, 1.807) is 36.4 Å². The second-order valence-electron chi connectivity index (χ2n) is 15.2. The molecule has 67 heavy (non-hydrogen) atoms. The maximum absolute atomic E-state index is 10.6. The first-order valence-corrected chi connectivity index (χ1v) is 19.3. The van der Waals surface area contributed by atoms with Gasteiger partial charge in [0.05, 0.1) is 93.6 Å². The average molecular weight is 839 g/mol. The van der Waals surface area contributed by atoms with E-state index in [9.17, 15) is 78.9 Å². The zero-order chi connectivity index (χ0) is 48.2. The molecule has 4 aliphatic heterocycles. The predicted molar refractivity (Wildman–Crippen MR) is 238 cm³/mol. The van der Waals surface area contributed by atoms with Crippen molar-refractivity contribution in [3.8, 4) is 91.0 Å². The Kier molecular flexibility index (Phi) is 9.90. The summed E-state index contributed by atoms with van der Waals surface area (Å²) in [6.07, 6.45) is 0. The van der Waals surface area contributed by atoms with Crippen LogP contribution in [0.1, 0.15) is 6.92 Å². The summed E-state index contributed by atoms with van der Waals surface area (Å²) in [7, 11) is 0. The Morgan fingerprint density at radius 3 is 0.806 bits per heavy atom. The second-order valence-corrected chi connectivity index (χ2v) is 15.2. The molecule has 0 unspecified atom stereocenters. The molecule has 0 bridgehead atoms. The predicted octanol–water partition coefficient (Wildman–Crippen LogP) is 3.01. The molecule has 19 heteroatoms. The smallest absolute Gasteiger partial charge is 0.194 e. The van der Waals surface area contributed by atoms with E-state index >= 15 is 0 Å². The molecule has 4 aromatic carbocycles. The van der Waals surface area contributed by atoms with Gasteiger partial charge in [0, 0.05) is 43.8 Å². The lowest BCUT2D eigenvalue weighted by molar-refractivity contribution is 1.39. The van der Waals surface area contributed by atoms with E-state index in [0.717, 1.165) is 0 Å². The Morgan fingerprint density at radius 1 is 0.284 bits per heavy atom. The van der Waals surface area contributed by atoms with Crippen molar-refractivity contribution in [2.24, 2.45) is 0 Å². The van der Waals surface area contributed by atoms with Gasteiger partial charge >= 0.3 is 0 Å². The summed E-state index contributed by atoms with van der Waals surface area (Å²) >= 11 is 0. The first-order valence-electron chi connectivity index (χ1n) is 19.3. The number of nitriles is 15. The summed E-state index contributed by atoms with van der Waals surface area (Å²) in [6.45, 7) is -3.70. The highest BCUT2D eigenvalue weighted by Gasteiger charge is 2.45. The Morgan fingerprint density at radius 2 is 0.537 bits per heavy atom. The minimum atomic E-state index is -1.38. The van der Waals surface area contributed by atoms with Crippen LogP contribution in [0.15, 0.2) is 125 Å². The number of nitrogens with zero attached hydrogens (tertiary/aromatic N) is 15. The van der Waals surface area contributed by atoms with Crippen molar-refractivity contribution in [2.75, 3.05) is 0 Å². The van der Waals surface area contributed by atoms with Crippen LogP contribution in [0.2, 0.25) is 0 Å². The maximum atomic E-state index is 10.6. The molecule has 0 aromatic heterocycles. The third-order valence-electron chi connectivity index (χ3n) is 12.6. The largest absolute Gasteiger partial charge is 0.272 e. The van der Waals surface area contributed by atoms with Crippen LogP contribution in [0.3, 0.4) is 0 Å². The molecule has 0 saturated heterocycles. The van der Waals surface area contributed by atoms with Gasteiger partial charge in [0.1, 0.15) is 36.4 Å². The van der Waals surface area contributed by atoms with Crippen molar-refractivity contribution in [1.29, 1.82) is 78.9 Å². The summed E-state index contributed by atoms with van der Waals surface area (Å²) in [4.78, 5) is 0. The Hall–Kier alpha value is -11.6. The molecular formula is C48H9B4N15. The molecule has 4 aliphatic rings. The normalized spacial score (nSPS) is 15.3. The summed E-state index contributed by atoms with van der Waals surface area (Å²) in [5.41, 5.74) is -2.65. The van der Waals surface area contributed by atoms with Crippen molar-refractivity contribution in [3.63, 3.8) is 0 Å². The van der Waals surface area contributed by atoms with Crippen LogP contribution in [0.25, 0.3) is 32.3 Å². The number of hydrogen-bond donors (Lipinski definition) is 0. The van der Waals surface area contributed by atoms with Gasteiger partial charge in [0.25, 0.3) is 26.9 Å². The number of benzene rings is 4. The topological polar surface area (TPSA) is 357 Å². The number of allylic oxidation sites excluding steroid dienone is 16. The van der Waals surface area contributed by atoms with E-state index in [-0.39, 0.29) is 126 Å². The van der Waals surface area contributed by atoms with Crippen LogP contribution < -0.4 is 21.9 Å². The molecule has 0 fully saturated rings. The van der Waals surface area contributed by atoms with Crippen LogP contribution in [0.5, 0.6) is 0 Å². The number of rotatable bonds is 4. The molecule has 0 radical (unpaired) electrons. The molecule has 0 spiro atoms. The van der Waals surface area contributed by atoms with Gasteiger partial charge in [-0.1, -0.05) is 58.2 Å². The lowest BCUT2D eigenvalue weighted by Gasteiger charge is -2.24. The molecule has 4 heterocycles. The Balaban J connectivity index is 1.67. The quantitative estimate of drug-likeness (QED) is 0.210. The van der Waals surface area contributed by atoms with E-state index in [1.807, 2.05) is 78.9 Å². The molecule has 0 N–H and O–H groups in total. The first kappa shape index (κ1) is 42.2. The molecule has 0 saturated carbocycles. The van der Waals surface area contributed by atoms with Gasteiger partial charge in [0.15, 0.2) is 0 Å². The minimum Gasteiger partial charge on any atom is -0.194 e. The Labute approximate surface area is 381 Å². The van der Waals surface area contributed by atoms with Gasteiger partial charge in [-0.25, -0.2) is 0 Å². The zero-order valence-electron chi connectivity index (χ0n) is 34.0. The van der Waals surface area contributed by atoms with E-state index in [4.69, 9.17) is 0 Å². The highest BCUT2D eigenvalue weighted by Crippen LogP contribution is 2.41. The van der Waals surface area contributed by atoms with Gasteiger partial charge in [-0.2, -0.15) is 78.9 Å². The van der Waals surface area contributed by atoms with Crippen molar-refractivity contribution in [3.05, 3.63) is 125 Å². The van der Waals surface area contributed by atoms with Crippen molar-refractivity contribution < 1.29 is 0 Å². The lowest BCUT2D eigenvalue weighted by atomic mass is 9.34. The fourth-order valence-corrected chi connectivity index (χ4v) is 9.99. The minimum absolute atomic E-state index is 0.0330. The molecule has 4 aromatic rings. The van der Waals surface area contributed by atoms with Gasteiger partial charge in [0.2, 0.25) is 0 Å². The maximum Gasteiger partial charge on any atom is 0.272 e. The fourth-order valence-electron chi connectivity index (χ4n) is 9.99. The SMILES string of the molecule is CC1=C(C#N)B(c2cc3cc(B4C(C#N)=C(C#N)C(C#N)=C4C#N)c4cc(B5C(C#N)=C(C#N)C(C#N)=C5C#N)cc5cc(B6C(C#N)=C(C#N)C(C#N)=C6C#N)c(c2)c3c54)C(C#N)=C1C#N. The van der Waals surface area contributed by atoms with Gasteiger partial charge in [-0.05, 0) is 44.8 Å². The first-order chi connectivity index (χ1) is 32.5. The van der Waals surface area contributed by atoms with Crippen LogP contribution in [-0.4, -0.2) is 26.9 Å². The van der Waals surface area contributed by atoms with Crippen LogP contribution in [-0.2, 0) is 0 Å². The van der Waals surface area contributed by atoms with E-state index in [2.05, 4.69) is 12.1 Å². The molecule has 8 rings (SSSR count). The summed E-state index contributed by atoms with van der Waals surface area (Å²) in [6, 6.07) is 38.8. The molecule has 0 atom stereocenters. The molecule has 0 amide bonds. The molecular weight excluding hydrogens is 830 g/mol. The fraction of sp³-hybridized carbons (Fsp3) is 0.0208. The van der Waals surface area contributed by atoms with Crippen molar-refractivity contribution in [2.45, 2.75) is 6.92 Å². The Bertz CT molecular complexity index is 4050. The van der Waals surface area contributed by atoms with E-state index in [0.29, 0.717) is 16.2 Å². The second kappa shape index (κ2) is 15.7. The standard InChI is InChI=1S/C48H9B4N15/c1-23-30(8-53)40(16-61)49(39(23)15-60)26-2-24-4-38(52-45(21-66)35(13-58)36(14-59)46(52)22-67)29-7-27(50-41(17-62)31(9-54)32(10-55)42(50)18-63)3-25-5-37(28(6-26)47(24)48(25)29)51-43(19-64)33(11-56)34(12-57)44(51)20-65/h2-7H,1H3. The van der Waals surface area contributed by atoms with Crippen molar-refractivity contribution in [1.82, 2.24) is 0 Å². The van der Waals surface area contributed by atoms with Crippen LogP contribution >= 0.6 is 0 Å². The summed E-state index contributed by atoms with van der Waals surface area (Å²) in [5, 5.41) is 158. The van der Waals surface area contributed by atoms with Crippen LogP contribution in [0, 0.1) is 170 Å². The van der Waals surface area contributed by atoms with Gasteiger partial charge < -0.3 is 0 Å². The summed E-state index contributed by atoms with van der Waals surface area (Å²) in [5.74, 6) is 0. The molecule has 0 aliphatic carbocycles. The highest BCUT2D eigenvalue weighted by molar-refractivity contribution is 6.94. The third kappa shape index (κ3) is 5.41. The number of hydrogen-bond acceptors (Lipinski definition) is 15. The molecule has 15 nitrogen and oxygen atoms in total. The van der Waals surface area contributed by atoms with E-state index < -0.39 is 26.9 Å². The summed E-state index contributed by atoms with van der Waals surface area (Å²) < 4.78 is 0. The monoisotopic (exact) mass is 839 g/mol. The van der Waals surface area contributed by atoms with Crippen LogP contribution in [0.4, 0.5) is 0 Å².